The zero-order valence-corrected chi connectivity index (χ0v) is 18.8. The van der Waals surface area contributed by atoms with Crippen LogP contribution >= 0.6 is 27.5 Å². The monoisotopic (exact) mass is 475 g/mol. The first kappa shape index (κ1) is 21.8. The number of Topliss-reactive ketones (excluding diaryl/α,β-unsaturated/α-hetero) is 2. The number of hydrogen-bond donors (Lipinski definition) is 2. The van der Waals surface area contributed by atoms with Crippen molar-refractivity contribution in [3.63, 3.8) is 0 Å². The molecule has 29 heavy (non-hydrogen) atoms. The largest absolute Gasteiger partial charge is 0.389 e. The summed E-state index contributed by atoms with van der Waals surface area (Å²) in [7, 11) is 0. The molecule has 0 spiro atoms. The second-order valence-electron chi connectivity index (χ2n) is 7.73. The second-order valence-corrected chi connectivity index (χ2v) is 9.08. The zero-order chi connectivity index (χ0) is 21.3. The summed E-state index contributed by atoms with van der Waals surface area (Å²) >= 11 is 9.45. The van der Waals surface area contributed by atoms with Crippen molar-refractivity contribution in [3.8, 4) is 0 Å². The number of allylic oxidation sites excluding steroid dienone is 1. The van der Waals surface area contributed by atoms with E-state index in [4.69, 9.17) is 11.6 Å². The van der Waals surface area contributed by atoms with E-state index in [-0.39, 0.29) is 18.0 Å². The third-order valence-electron chi connectivity index (χ3n) is 5.36. The van der Waals surface area contributed by atoms with Gasteiger partial charge in [0.1, 0.15) is 5.78 Å². The van der Waals surface area contributed by atoms with Crippen LogP contribution in [-0.4, -0.2) is 22.3 Å². The number of rotatable bonds is 5. The van der Waals surface area contributed by atoms with Crippen LogP contribution in [0, 0.1) is 5.92 Å². The number of hydrogen-bond acceptors (Lipinski definition) is 4. The number of ketones is 2. The number of carbonyl (C=O) groups excluding carboxylic acids is 2. The molecule has 3 rings (SSSR count). The molecule has 2 N–H and O–H groups in total. The first-order chi connectivity index (χ1) is 13.6. The van der Waals surface area contributed by atoms with Gasteiger partial charge in [0.15, 0.2) is 5.78 Å². The lowest BCUT2D eigenvalue weighted by Crippen LogP contribution is -2.48. The van der Waals surface area contributed by atoms with E-state index in [0.29, 0.717) is 16.3 Å². The molecule has 6 heteroatoms. The molecule has 2 aromatic rings. The zero-order valence-electron chi connectivity index (χ0n) is 16.5. The van der Waals surface area contributed by atoms with Crippen molar-refractivity contribution >= 4 is 44.8 Å². The Morgan fingerprint density at radius 2 is 1.69 bits per heavy atom. The highest BCUT2D eigenvalue weighted by molar-refractivity contribution is 9.10. The molecule has 0 bridgehead atoms. The Morgan fingerprint density at radius 1 is 1.10 bits per heavy atom. The van der Waals surface area contributed by atoms with Gasteiger partial charge in [0.05, 0.1) is 11.5 Å². The molecule has 0 unspecified atom stereocenters. The fourth-order valence-corrected chi connectivity index (χ4v) is 4.62. The third-order valence-corrected chi connectivity index (χ3v) is 6.14. The van der Waals surface area contributed by atoms with E-state index in [2.05, 4.69) is 21.2 Å². The lowest BCUT2D eigenvalue weighted by molar-refractivity contribution is -0.131. The molecule has 2 aromatic carbocycles. The van der Waals surface area contributed by atoms with Crippen LogP contribution in [0.1, 0.15) is 38.7 Å². The summed E-state index contributed by atoms with van der Waals surface area (Å²) in [6.45, 7) is 4.62. The molecule has 0 aromatic heterocycles. The van der Waals surface area contributed by atoms with Crippen molar-refractivity contribution in [1.82, 2.24) is 0 Å². The van der Waals surface area contributed by atoms with Crippen molar-refractivity contribution in [2.24, 2.45) is 5.92 Å². The van der Waals surface area contributed by atoms with E-state index >= 15 is 0 Å². The molecule has 3 atom stereocenters. The van der Waals surface area contributed by atoms with Crippen LogP contribution in [0.25, 0.3) is 0 Å². The van der Waals surface area contributed by atoms with Crippen LogP contribution < -0.4 is 5.32 Å². The summed E-state index contributed by atoms with van der Waals surface area (Å²) in [6, 6.07) is 14.7. The van der Waals surface area contributed by atoms with Gasteiger partial charge in [-0.2, -0.15) is 0 Å². The van der Waals surface area contributed by atoms with E-state index in [1.54, 1.807) is 19.1 Å². The Hall–Kier alpha value is -1.95. The third kappa shape index (κ3) is 4.63. The number of aliphatic hydroxyl groups is 1. The van der Waals surface area contributed by atoms with E-state index in [1.165, 1.54) is 13.8 Å². The van der Waals surface area contributed by atoms with Gasteiger partial charge in [0, 0.05) is 38.8 Å². The van der Waals surface area contributed by atoms with E-state index in [9.17, 15) is 14.7 Å². The quantitative estimate of drug-likeness (QED) is 0.598. The molecule has 4 nitrogen and oxygen atoms in total. The van der Waals surface area contributed by atoms with Gasteiger partial charge in [-0.05, 0) is 62.7 Å². The van der Waals surface area contributed by atoms with Crippen molar-refractivity contribution in [3.05, 3.63) is 74.9 Å². The topological polar surface area (TPSA) is 66.4 Å². The fourth-order valence-electron chi connectivity index (χ4n) is 4.23. The fraction of sp³-hybridized carbons (Fsp3) is 0.304. The predicted molar refractivity (Wildman–Crippen MR) is 119 cm³/mol. The molecule has 152 valence electrons. The molecule has 0 saturated carbocycles. The van der Waals surface area contributed by atoms with Crippen LogP contribution in [0.15, 0.2) is 64.3 Å². The Balaban J connectivity index is 2.19. The van der Waals surface area contributed by atoms with E-state index in [1.807, 2.05) is 36.4 Å². The van der Waals surface area contributed by atoms with Gasteiger partial charge in [-0.25, -0.2) is 0 Å². The SMILES string of the molecule is CC(=O)C1=C(Nc2ccc(Br)cc2)C[C@](C)(O)[C@H](C(C)=O)[C@@H]1c1ccc(Cl)cc1. The molecular formula is C23H23BrClNO3. The summed E-state index contributed by atoms with van der Waals surface area (Å²) in [4.78, 5) is 25.3. The minimum absolute atomic E-state index is 0.133. The standard InChI is InChI=1S/C23H23BrClNO3/c1-13(27)20-19(26-18-10-6-16(24)7-11-18)12-23(3,29)22(14(2)28)21(20)15-4-8-17(25)9-5-15/h4-11,21-22,26,29H,12H2,1-3H3/t21-,22-,23+/m1/s1. The number of nitrogens with one attached hydrogen (secondary N) is 1. The van der Waals surface area contributed by atoms with Crippen molar-refractivity contribution < 1.29 is 14.7 Å². The maximum absolute atomic E-state index is 12.8. The highest BCUT2D eigenvalue weighted by Crippen LogP contribution is 2.47. The molecule has 0 radical (unpaired) electrons. The molecule has 1 aliphatic rings. The molecule has 0 amide bonds. The molecule has 0 heterocycles. The number of anilines is 1. The minimum atomic E-state index is -1.31. The maximum Gasteiger partial charge on any atom is 0.158 e. The van der Waals surface area contributed by atoms with Gasteiger partial charge in [-0.15, -0.1) is 0 Å². The summed E-state index contributed by atoms with van der Waals surface area (Å²) in [5.74, 6) is -1.59. The predicted octanol–water partition coefficient (Wildman–Crippen LogP) is 5.50. The number of halogens is 2. The van der Waals surface area contributed by atoms with Gasteiger partial charge < -0.3 is 10.4 Å². The summed E-state index contributed by atoms with van der Waals surface area (Å²) < 4.78 is 0.940. The normalized spacial score (nSPS) is 24.3. The Bertz CT molecular complexity index is 965. The Morgan fingerprint density at radius 3 is 2.21 bits per heavy atom. The average Bonchev–Trinajstić information content (AvgIpc) is 2.62. The Labute approximate surface area is 184 Å². The van der Waals surface area contributed by atoms with Crippen molar-refractivity contribution in [2.75, 3.05) is 5.32 Å². The maximum atomic E-state index is 12.8. The molecular weight excluding hydrogens is 454 g/mol. The number of carbonyl (C=O) groups is 2. The molecule has 1 aliphatic carbocycles. The van der Waals surface area contributed by atoms with Crippen LogP contribution in [-0.2, 0) is 9.59 Å². The van der Waals surface area contributed by atoms with Gasteiger partial charge in [-0.1, -0.05) is 39.7 Å². The van der Waals surface area contributed by atoms with Gasteiger partial charge in [-0.3, -0.25) is 9.59 Å². The summed E-state index contributed by atoms with van der Waals surface area (Å²) in [5.41, 5.74) is 1.40. The minimum Gasteiger partial charge on any atom is -0.389 e. The lowest BCUT2D eigenvalue weighted by atomic mass is 9.64. The van der Waals surface area contributed by atoms with Crippen LogP contribution in [0.4, 0.5) is 5.69 Å². The lowest BCUT2D eigenvalue weighted by Gasteiger charge is -2.43. The first-order valence-electron chi connectivity index (χ1n) is 9.35. The van der Waals surface area contributed by atoms with Gasteiger partial charge in [0.2, 0.25) is 0 Å². The summed E-state index contributed by atoms with van der Waals surface area (Å²) in [6.07, 6.45) is 0.173. The van der Waals surface area contributed by atoms with Crippen LogP contribution in [0.2, 0.25) is 5.02 Å². The second kappa shape index (κ2) is 8.42. The smallest absolute Gasteiger partial charge is 0.158 e. The Kier molecular flexibility index (Phi) is 6.32. The highest BCUT2D eigenvalue weighted by atomic mass is 79.9. The van der Waals surface area contributed by atoms with Gasteiger partial charge in [0.25, 0.3) is 0 Å². The van der Waals surface area contributed by atoms with Gasteiger partial charge >= 0.3 is 0 Å². The van der Waals surface area contributed by atoms with Crippen molar-refractivity contribution in [2.45, 2.75) is 38.7 Å². The van der Waals surface area contributed by atoms with E-state index in [0.717, 1.165) is 15.7 Å². The molecule has 0 aliphatic heterocycles. The first-order valence-corrected chi connectivity index (χ1v) is 10.5. The summed E-state index contributed by atoms with van der Waals surface area (Å²) in [5, 5.41) is 15.1. The molecule has 0 saturated heterocycles. The van der Waals surface area contributed by atoms with E-state index < -0.39 is 17.4 Å². The average molecular weight is 477 g/mol. The van der Waals surface area contributed by atoms with Crippen LogP contribution in [0.3, 0.4) is 0 Å². The number of benzene rings is 2. The molecule has 0 fully saturated rings. The van der Waals surface area contributed by atoms with Crippen LogP contribution in [0.5, 0.6) is 0 Å². The van der Waals surface area contributed by atoms with Crippen molar-refractivity contribution in [1.29, 1.82) is 0 Å². The highest BCUT2D eigenvalue weighted by Gasteiger charge is 2.49.